The molecule has 4 heteroatoms. The summed E-state index contributed by atoms with van der Waals surface area (Å²) in [6, 6.07) is 0. The molecule has 0 bridgehead atoms. The SMILES string of the molecule is CC1(C)C[C@@H]2[C@H]3CC[C@@H]4[C@@]5(C)CCC(O)C(C)(C)C5CC[C@@]4(C)[C@]3(C)CC[C@@]2(CO)C(O)C1O. The van der Waals surface area contributed by atoms with Crippen LogP contribution in [0.1, 0.15) is 106 Å². The summed E-state index contributed by atoms with van der Waals surface area (Å²) in [5.41, 5.74) is -0.279. The van der Waals surface area contributed by atoms with Gasteiger partial charge in [-0.15, -0.1) is 0 Å². The van der Waals surface area contributed by atoms with Gasteiger partial charge < -0.3 is 20.4 Å². The number of aliphatic hydroxyl groups excluding tert-OH is 4. The lowest BCUT2D eigenvalue weighted by Crippen LogP contribution is -2.70. The summed E-state index contributed by atoms with van der Waals surface area (Å²) in [5, 5.41) is 44.0. The summed E-state index contributed by atoms with van der Waals surface area (Å²) in [4.78, 5) is 0. The molecule has 4 nitrogen and oxygen atoms in total. The fourth-order valence-electron chi connectivity index (χ4n) is 11.6. The molecule has 196 valence electrons. The molecule has 5 aliphatic rings. The van der Waals surface area contributed by atoms with Gasteiger partial charge in [-0.05, 0) is 109 Å². The van der Waals surface area contributed by atoms with Gasteiger partial charge >= 0.3 is 0 Å². The third-order valence-electron chi connectivity index (χ3n) is 14.0. The smallest absolute Gasteiger partial charge is 0.0885 e. The first-order valence-corrected chi connectivity index (χ1v) is 14.3. The van der Waals surface area contributed by atoms with Gasteiger partial charge in [0, 0.05) is 5.41 Å². The van der Waals surface area contributed by atoms with Crippen LogP contribution in [0.15, 0.2) is 0 Å². The molecule has 0 heterocycles. The largest absolute Gasteiger partial charge is 0.396 e. The molecule has 0 amide bonds. The van der Waals surface area contributed by atoms with Crippen molar-refractivity contribution in [1.82, 2.24) is 0 Å². The Morgan fingerprint density at radius 2 is 1.32 bits per heavy atom. The van der Waals surface area contributed by atoms with Gasteiger partial charge in [0.15, 0.2) is 0 Å². The van der Waals surface area contributed by atoms with Gasteiger partial charge in [0.05, 0.1) is 24.9 Å². The van der Waals surface area contributed by atoms with Gasteiger partial charge in [0.2, 0.25) is 0 Å². The van der Waals surface area contributed by atoms with Crippen molar-refractivity contribution in [3.05, 3.63) is 0 Å². The van der Waals surface area contributed by atoms with Gasteiger partial charge in [0.1, 0.15) is 0 Å². The molecule has 0 aromatic carbocycles. The fraction of sp³-hybridized carbons (Fsp3) is 1.00. The quantitative estimate of drug-likeness (QED) is 0.421. The van der Waals surface area contributed by atoms with E-state index in [4.69, 9.17) is 0 Å². The zero-order valence-electron chi connectivity index (χ0n) is 22.9. The maximum absolute atomic E-state index is 11.4. The molecule has 0 radical (unpaired) electrons. The van der Waals surface area contributed by atoms with Crippen molar-refractivity contribution in [2.24, 2.45) is 56.2 Å². The summed E-state index contributed by atoms with van der Waals surface area (Å²) in [6.07, 6.45) is 7.72. The van der Waals surface area contributed by atoms with Gasteiger partial charge in [0.25, 0.3) is 0 Å². The molecule has 5 fully saturated rings. The molecule has 4 N–H and O–H groups in total. The first-order valence-electron chi connectivity index (χ1n) is 14.3. The molecule has 0 saturated heterocycles. The summed E-state index contributed by atoms with van der Waals surface area (Å²) in [6.45, 7) is 16.5. The molecular weight excluding hydrogens is 424 g/mol. The van der Waals surface area contributed by atoms with Gasteiger partial charge in [-0.3, -0.25) is 0 Å². The molecule has 5 saturated carbocycles. The van der Waals surface area contributed by atoms with Gasteiger partial charge in [-0.25, -0.2) is 0 Å². The lowest BCUT2D eigenvalue weighted by atomic mass is 9.31. The Morgan fingerprint density at radius 3 is 1.97 bits per heavy atom. The van der Waals surface area contributed by atoms with Crippen LogP contribution in [0.4, 0.5) is 0 Å². The number of hydrogen-bond acceptors (Lipinski definition) is 4. The Labute approximate surface area is 207 Å². The van der Waals surface area contributed by atoms with Crippen molar-refractivity contribution < 1.29 is 20.4 Å². The molecule has 0 aromatic rings. The van der Waals surface area contributed by atoms with E-state index >= 15 is 0 Å². The maximum Gasteiger partial charge on any atom is 0.0885 e. The zero-order valence-corrected chi connectivity index (χ0v) is 22.9. The first-order chi connectivity index (χ1) is 15.6. The Hall–Kier alpha value is -0.160. The van der Waals surface area contributed by atoms with E-state index in [1.807, 2.05) is 0 Å². The second-order valence-corrected chi connectivity index (χ2v) is 15.6. The summed E-state index contributed by atoms with van der Waals surface area (Å²) in [7, 11) is 0. The normalized spacial score (nSPS) is 58.1. The standard InChI is InChI=1S/C30H52O4/c1-25(2)16-19-18-8-9-21-27(5)12-11-22(32)26(3,4)20(27)10-13-29(21,7)28(18,6)14-15-30(19,17-31)24(34)23(25)33/h18-24,31-34H,8-17H2,1-7H3/t18-,19-,20?,21-,22?,23?,24?,27+,28-,29-,30+/m1/s1. The van der Waals surface area contributed by atoms with E-state index in [9.17, 15) is 20.4 Å². The van der Waals surface area contributed by atoms with Crippen molar-refractivity contribution in [2.45, 2.75) is 125 Å². The average Bonchev–Trinajstić information content (AvgIpc) is 2.76. The summed E-state index contributed by atoms with van der Waals surface area (Å²) < 4.78 is 0. The zero-order chi connectivity index (χ0) is 25.1. The Morgan fingerprint density at radius 1 is 0.647 bits per heavy atom. The highest BCUT2D eigenvalue weighted by atomic mass is 16.3. The van der Waals surface area contributed by atoms with E-state index in [2.05, 4.69) is 48.5 Å². The van der Waals surface area contributed by atoms with Gasteiger partial charge in [-0.1, -0.05) is 48.5 Å². The average molecular weight is 477 g/mol. The van der Waals surface area contributed by atoms with Crippen LogP contribution < -0.4 is 0 Å². The molecule has 0 spiro atoms. The Bertz CT molecular complexity index is 823. The van der Waals surface area contributed by atoms with Crippen LogP contribution in [-0.2, 0) is 0 Å². The van der Waals surface area contributed by atoms with Crippen molar-refractivity contribution in [3.63, 3.8) is 0 Å². The van der Waals surface area contributed by atoms with Gasteiger partial charge in [-0.2, -0.15) is 0 Å². The first kappa shape index (κ1) is 25.5. The minimum Gasteiger partial charge on any atom is -0.396 e. The summed E-state index contributed by atoms with van der Waals surface area (Å²) >= 11 is 0. The highest BCUT2D eigenvalue weighted by Crippen LogP contribution is 2.76. The van der Waals surface area contributed by atoms with Crippen LogP contribution in [0.25, 0.3) is 0 Å². The number of fused-ring (bicyclic) bond motifs is 7. The van der Waals surface area contributed by atoms with Crippen molar-refractivity contribution in [2.75, 3.05) is 6.61 Å². The predicted octanol–water partition coefficient (Wildman–Crippen LogP) is 5.16. The lowest BCUT2D eigenvalue weighted by molar-refractivity contribution is -0.282. The number of aliphatic hydroxyl groups is 4. The lowest BCUT2D eigenvalue weighted by Gasteiger charge is -2.74. The van der Waals surface area contributed by atoms with E-state index in [0.717, 1.165) is 38.5 Å². The molecule has 34 heavy (non-hydrogen) atoms. The van der Waals surface area contributed by atoms with Crippen LogP contribution in [0.3, 0.4) is 0 Å². The van der Waals surface area contributed by atoms with Crippen LogP contribution in [-0.4, -0.2) is 45.3 Å². The van der Waals surface area contributed by atoms with Crippen LogP contribution in [0.2, 0.25) is 0 Å². The third-order valence-corrected chi connectivity index (χ3v) is 14.0. The molecule has 11 atom stereocenters. The Balaban J connectivity index is 1.55. The fourth-order valence-corrected chi connectivity index (χ4v) is 11.6. The molecular formula is C30H52O4. The minimum absolute atomic E-state index is 0.0233. The molecule has 5 aliphatic carbocycles. The van der Waals surface area contributed by atoms with Crippen molar-refractivity contribution >= 4 is 0 Å². The van der Waals surface area contributed by atoms with E-state index in [-0.39, 0.29) is 45.7 Å². The van der Waals surface area contributed by atoms with Crippen molar-refractivity contribution in [1.29, 1.82) is 0 Å². The molecule has 5 rings (SSSR count). The van der Waals surface area contributed by atoms with Crippen molar-refractivity contribution in [3.8, 4) is 0 Å². The minimum atomic E-state index is -0.852. The van der Waals surface area contributed by atoms with E-state index < -0.39 is 17.6 Å². The third kappa shape index (κ3) is 2.86. The summed E-state index contributed by atoms with van der Waals surface area (Å²) in [5.74, 6) is 1.93. The Kier molecular flexibility index (Phi) is 5.59. The number of rotatable bonds is 1. The topological polar surface area (TPSA) is 80.9 Å². The molecule has 4 unspecified atom stereocenters. The highest BCUT2D eigenvalue weighted by molar-refractivity contribution is 5.20. The monoisotopic (exact) mass is 476 g/mol. The van der Waals surface area contributed by atoms with E-state index in [1.165, 1.54) is 19.3 Å². The van der Waals surface area contributed by atoms with E-state index in [0.29, 0.717) is 17.8 Å². The van der Waals surface area contributed by atoms with Crippen LogP contribution >= 0.6 is 0 Å². The molecule has 0 aromatic heterocycles. The second-order valence-electron chi connectivity index (χ2n) is 15.6. The number of hydrogen-bond donors (Lipinski definition) is 4. The molecule has 0 aliphatic heterocycles. The van der Waals surface area contributed by atoms with Crippen LogP contribution in [0.5, 0.6) is 0 Å². The second kappa shape index (κ2) is 7.45. The predicted molar refractivity (Wildman–Crippen MR) is 135 cm³/mol. The maximum atomic E-state index is 11.4. The van der Waals surface area contributed by atoms with Crippen LogP contribution in [0, 0.1) is 56.2 Å². The highest BCUT2D eigenvalue weighted by Gasteiger charge is 2.71. The van der Waals surface area contributed by atoms with E-state index in [1.54, 1.807) is 0 Å².